The van der Waals surface area contributed by atoms with E-state index in [-0.39, 0.29) is 0 Å². The SMILES string of the molecule is CCCN(CCC)[C@@H]1CNc2c(cccc2OC)C1. The predicted molar refractivity (Wildman–Crippen MR) is 81.1 cm³/mol. The lowest BCUT2D eigenvalue weighted by molar-refractivity contribution is 0.200. The Balaban J connectivity index is 2.12. The standard InChI is InChI=1S/C16H26N2O/c1-4-9-18(10-5-2)14-11-13-7-6-8-15(19-3)16(13)17-12-14/h6-8,14,17H,4-5,9-12H2,1-3H3/t14-/m0/s1. The van der Waals surface area contributed by atoms with Crippen LogP contribution in [0.3, 0.4) is 0 Å². The Labute approximate surface area is 116 Å². The molecule has 1 N–H and O–H groups in total. The van der Waals surface area contributed by atoms with Gasteiger partial charge in [0.25, 0.3) is 0 Å². The average molecular weight is 262 g/mol. The van der Waals surface area contributed by atoms with Gasteiger partial charge in [0.1, 0.15) is 5.75 Å². The Bertz CT molecular complexity index is 400. The van der Waals surface area contributed by atoms with Gasteiger partial charge in [-0.25, -0.2) is 0 Å². The van der Waals surface area contributed by atoms with Gasteiger partial charge in [-0.05, 0) is 44.0 Å². The summed E-state index contributed by atoms with van der Waals surface area (Å²) in [4.78, 5) is 2.62. The summed E-state index contributed by atoms with van der Waals surface area (Å²) in [5, 5.41) is 3.56. The zero-order valence-electron chi connectivity index (χ0n) is 12.4. The maximum atomic E-state index is 5.43. The first-order valence-electron chi connectivity index (χ1n) is 7.43. The Kier molecular flexibility index (Phi) is 5.08. The monoisotopic (exact) mass is 262 g/mol. The topological polar surface area (TPSA) is 24.5 Å². The molecule has 1 aromatic carbocycles. The van der Waals surface area contributed by atoms with Crippen LogP contribution in [0.4, 0.5) is 5.69 Å². The molecule has 19 heavy (non-hydrogen) atoms. The predicted octanol–water partition coefficient (Wildman–Crippen LogP) is 3.15. The fourth-order valence-electron chi connectivity index (χ4n) is 2.97. The molecule has 0 unspecified atom stereocenters. The first-order chi connectivity index (χ1) is 9.30. The molecule has 1 aliphatic heterocycles. The van der Waals surface area contributed by atoms with Crippen molar-refractivity contribution < 1.29 is 4.74 Å². The average Bonchev–Trinajstić information content (AvgIpc) is 2.45. The van der Waals surface area contributed by atoms with Crippen LogP contribution in [0.15, 0.2) is 18.2 Å². The van der Waals surface area contributed by atoms with Crippen molar-refractivity contribution in [3.63, 3.8) is 0 Å². The van der Waals surface area contributed by atoms with Gasteiger partial charge in [0.15, 0.2) is 0 Å². The van der Waals surface area contributed by atoms with Gasteiger partial charge in [-0.2, -0.15) is 0 Å². The van der Waals surface area contributed by atoms with Crippen molar-refractivity contribution in [2.24, 2.45) is 0 Å². The lowest BCUT2D eigenvalue weighted by Crippen LogP contribution is -2.44. The van der Waals surface area contributed by atoms with E-state index in [9.17, 15) is 0 Å². The van der Waals surface area contributed by atoms with Crippen LogP contribution in [0.2, 0.25) is 0 Å². The zero-order chi connectivity index (χ0) is 13.7. The van der Waals surface area contributed by atoms with Crippen LogP contribution in [0.25, 0.3) is 0 Å². The summed E-state index contributed by atoms with van der Waals surface area (Å²) in [7, 11) is 1.74. The van der Waals surface area contributed by atoms with Crippen LogP contribution in [0, 0.1) is 0 Å². The molecule has 0 saturated heterocycles. The smallest absolute Gasteiger partial charge is 0.142 e. The fourth-order valence-corrected chi connectivity index (χ4v) is 2.97. The molecular weight excluding hydrogens is 236 g/mol. The number of rotatable bonds is 6. The van der Waals surface area contributed by atoms with E-state index < -0.39 is 0 Å². The van der Waals surface area contributed by atoms with E-state index in [2.05, 4.69) is 36.2 Å². The molecule has 3 nitrogen and oxygen atoms in total. The normalized spacial score (nSPS) is 18.0. The number of ether oxygens (including phenoxy) is 1. The van der Waals surface area contributed by atoms with Gasteiger partial charge in [0.05, 0.1) is 12.8 Å². The van der Waals surface area contributed by atoms with Crippen molar-refractivity contribution in [1.29, 1.82) is 0 Å². The van der Waals surface area contributed by atoms with Crippen LogP contribution in [-0.4, -0.2) is 37.7 Å². The Morgan fingerprint density at radius 2 is 2.00 bits per heavy atom. The van der Waals surface area contributed by atoms with E-state index in [1.165, 1.54) is 37.2 Å². The largest absolute Gasteiger partial charge is 0.495 e. The maximum Gasteiger partial charge on any atom is 0.142 e. The quantitative estimate of drug-likeness (QED) is 0.852. The molecule has 0 bridgehead atoms. The molecule has 1 aromatic rings. The van der Waals surface area contributed by atoms with Crippen molar-refractivity contribution in [1.82, 2.24) is 4.90 Å². The molecule has 0 saturated carbocycles. The van der Waals surface area contributed by atoms with E-state index >= 15 is 0 Å². The highest BCUT2D eigenvalue weighted by Gasteiger charge is 2.24. The molecule has 1 heterocycles. The number of benzene rings is 1. The summed E-state index contributed by atoms with van der Waals surface area (Å²) < 4.78 is 5.43. The third-order valence-corrected chi connectivity index (χ3v) is 3.84. The number of para-hydroxylation sites is 1. The van der Waals surface area contributed by atoms with Crippen LogP contribution in [-0.2, 0) is 6.42 Å². The summed E-state index contributed by atoms with van der Waals surface area (Å²) in [6, 6.07) is 6.94. The molecule has 2 rings (SSSR count). The van der Waals surface area contributed by atoms with Crippen LogP contribution < -0.4 is 10.1 Å². The van der Waals surface area contributed by atoms with E-state index in [1.54, 1.807) is 7.11 Å². The molecule has 3 heteroatoms. The minimum atomic E-state index is 0.611. The Hall–Kier alpha value is -1.22. The third-order valence-electron chi connectivity index (χ3n) is 3.84. The number of nitrogens with one attached hydrogen (secondary N) is 1. The lowest BCUT2D eigenvalue weighted by Gasteiger charge is -2.36. The molecule has 0 fully saturated rings. The van der Waals surface area contributed by atoms with E-state index in [0.717, 1.165) is 18.7 Å². The molecular formula is C16H26N2O. The maximum absolute atomic E-state index is 5.43. The summed E-state index contributed by atoms with van der Waals surface area (Å²) in [5.41, 5.74) is 2.57. The highest BCUT2D eigenvalue weighted by Crippen LogP contribution is 2.32. The molecule has 0 aliphatic carbocycles. The van der Waals surface area contributed by atoms with Crippen molar-refractivity contribution in [2.75, 3.05) is 32.1 Å². The summed E-state index contributed by atoms with van der Waals surface area (Å²) in [6.07, 6.45) is 3.57. The van der Waals surface area contributed by atoms with Crippen molar-refractivity contribution in [2.45, 2.75) is 39.2 Å². The van der Waals surface area contributed by atoms with E-state index in [1.807, 2.05) is 6.07 Å². The minimum absolute atomic E-state index is 0.611. The van der Waals surface area contributed by atoms with Crippen LogP contribution >= 0.6 is 0 Å². The second-order valence-electron chi connectivity index (χ2n) is 5.27. The van der Waals surface area contributed by atoms with Crippen molar-refractivity contribution in [3.8, 4) is 5.75 Å². The molecule has 0 spiro atoms. The second kappa shape index (κ2) is 6.80. The fraction of sp³-hybridized carbons (Fsp3) is 0.625. The number of fused-ring (bicyclic) bond motifs is 1. The van der Waals surface area contributed by atoms with E-state index in [4.69, 9.17) is 4.74 Å². The highest BCUT2D eigenvalue weighted by molar-refractivity contribution is 5.63. The molecule has 0 aromatic heterocycles. The Morgan fingerprint density at radius 3 is 2.63 bits per heavy atom. The van der Waals surface area contributed by atoms with Crippen LogP contribution in [0.5, 0.6) is 5.75 Å². The summed E-state index contributed by atoms with van der Waals surface area (Å²) in [6.45, 7) is 7.93. The summed E-state index contributed by atoms with van der Waals surface area (Å²) >= 11 is 0. The molecule has 1 aliphatic rings. The second-order valence-corrected chi connectivity index (χ2v) is 5.27. The van der Waals surface area contributed by atoms with Gasteiger partial charge in [-0.15, -0.1) is 0 Å². The van der Waals surface area contributed by atoms with Crippen LogP contribution in [0.1, 0.15) is 32.3 Å². The molecule has 0 amide bonds. The number of methoxy groups -OCH3 is 1. The van der Waals surface area contributed by atoms with E-state index in [0.29, 0.717) is 6.04 Å². The number of anilines is 1. The Morgan fingerprint density at radius 1 is 1.26 bits per heavy atom. The van der Waals surface area contributed by atoms with Crippen molar-refractivity contribution >= 4 is 5.69 Å². The van der Waals surface area contributed by atoms with Gasteiger partial charge < -0.3 is 10.1 Å². The first kappa shape index (κ1) is 14.2. The highest BCUT2D eigenvalue weighted by atomic mass is 16.5. The molecule has 106 valence electrons. The lowest BCUT2D eigenvalue weighted by atomic mass is 9.97. The van der Waals surface area contributed by atoms with Gasteiger partial charge in [-0.1, -0.05) is 26.0 Å². The zero-order valence-corrected chi connectivity index (χ0v) is 12.4. The van der Waals surface area contributed by atoms with Gasteiger partial charge in [-0.3, -0.25) is 4.90 Å². The van der Waals surface area contributed by atoms with Gasteiger partial charge in [0, 0.05) is 12.6 Å². The van der Waals surface area contributed by atoms with Gasteiger partial charge >= 0.3 is 0 Å². The number of nitrogens with zero attached hydrogens (tertiary/aromatic N) is 1. The van der Waals surface area contributed by atoms with Gasteiger partial charge in [0.2, 0.25) is 0 Å². The van der Waals surface area contributed by atoms with Crippen molar-refractivity contribution in [3.05, 3.63) is 23.8 Å². The summed E-state index contributed by atoms with van der Waals surface area (Å²) in [5.74, 6) is 0.966. The molecule has 0 radical (unpaired) electrons. The minimum Gasteiger partial charge on any atom is -0.495 e. The third kappa shape index (κ3) is 3.21. The number of hydrogen-bond acceptors (Lipinski definition) is 3. The molecule has 1 atom stereocenters. The first-order valence-corrected chi connectivity index (χ1v) is 7.43. The number of hydrogen-bond donors (Lipinski definition) is 1.